The van der Waals surface area contributed by atoms with Crippen molar-refractivity contribution in [3.05, 3.63) is 29.3 Å². The third-order valence-electron chi connectivity index (χ3n) is 3.28. The van der Waals surface area contributed by atoms with Crippen molar-refractivity contribution in [2.45, 2.75) is 51.9 Å². The van der Waals surface area contributed by atoms with Crippen LogP contribution in [0.5, 0.6) is 5.75 Å². The number of para-hydroxylation sites is 1. The normalized spacial score (nSPS) is 10.4. The first-order valence-electron chi connectivity index (χ1n) is 7.88. The van der Waals surface area contributed by atoms with E-state index in [0.29, 0.717) is 23.8 Å². The molecule has 1 aromatic carbocycles. The van der Waals surface area contributed by atoms with Gasteiger partial charge in [0.2, 0.25) is 5.91 Å². The quantitative estimate of drug-likeness (QED) is 0.607. The molecule has 4 heteroatoms. The minimum absolute atomic E-state index is 0.0376. The van der Waals surface area contributed by atoms with Gasteiger partial charge in [0.05, 0.1) is 18.1 Å². The number of carbonyl (C=O) groups is 1. The highest BCUT2D eigenvalue weighted by Crippen LogP contribution is 2.22. The lowest BCUT2D eigenvalue weighted by Crippen LogP contribution is -2.25. The Balaban J connectivity index is 2.00. The fourth-order valence-corrected chi connectivity index (χ4v) is 2.23. The molecule has 1 amide bonds. The highest BCUT2D eigenvalue weighted by molar-refractivity contribution is 6.32. The number of rotatable bonds is 11. The molecule has 0 saturated heterocycles. The monoisotopic (exact) mass is 311 g/mol. The predicted molar refractivity (Wildman–Crippen MR) is 87.9 cm³/mol. The van der Waals surface area contributed by atoms with E-state index in [9.17, 15) is 4.79 Å². The van der Waals surface area contributed by atoms with Crippen LogP contribution in [0, 0.1) is 0 Å². The number of unbranched alkanes of at least 4 members (excludes halogenated alkanes) is 5. The number of halogens is 1. The molecule has 0 unspecified atom stereocenters. The van der Waals surface area contributed by atoms with Crippen molar-refractivity contribution in [1.29, 1.82) is 0 Å². The second kappa shape index (κ2) is 11.4. The van der Waals surface area contributed by atoms with Crippen LogP contribution >= 0.6 is 11.6 Å². The summed E-state index contributed by atoms with van der Waals surface area (Å²) in [5.41, 5.74) is 0. The highest BCUT2D eigenvalue weighted by atomic mass is 35.5. The number of ether oxygens (including phenoxy) is 1. The number of nitrogens with one attached hydrogen (secondary N) is 1. The Morgan fingerprint density at radius 3 is 2.62 bits per heavy atom. The minimum atomic E-state index is 0.0376. The van der Waals surface area contributed by atoms with E-state index in [4.69, 9.17) is 16.3 Å². The van der Waals surface area contributed by atoms with Crippen LogP contribution in [0.1, 0.15) is 51.9 Å². The van der Waals surface area contributed by atoms with Crippen LogP contribution in [0.3, 0.4) is 0 Å². The first-order valence-corrected chi connectivity index (χ1v) is 8.26. The molecule has 0 saturated carbocycles. The third-order valence-corrected chi connectivity index (χ3v) is 3.59. The van der Waals surface area contributed by atoms with E-state index in [2.05, 4.69) is 12.2 Å². The molecule has 118 valence electrons. The second-order valence-electron chi connectivity index (χ2n) is 5.15. The summed E-state index contributed by atoms with van der Waals surface area (Å²) < 4.78 is 5.49. The maximum Gasteiger partial charge on any atom is 0.223 e. The van der Waals surface area contributed by atoms with Crippen molar-refractivity contribution in [3.8, 4) is 5.75 Å². The topological polar surface area (TPSA) is 38.3 Å². The van der Waals surface area contributed by atoms with Gasteiger partial charge in [-0.1, -0.05) is 62.8 Å². The Bertz CT molecular complexity index is 410. The first-order chi connectivity index (χ1) is 10.2. The van der Waals surface area contributed by atoms with Gasteiger partial charge in [-0.15, -0.1) is 0 Å². The Labute approximate surface area is 133 Å². The van der Waals surface area contributed by atoms with Crippen molar-refractivity contribution in [2.75, 3.05) is 13.2 Å². The Hall–Kier alpha value is -1.22. The van der Waals surface area contributed by atoms with Gasteiger partial charge >= 0.3 is 0 Å². The Morgan fingerprint density at radius 1 is 1.14 bits per heavy atom. The molecule has 0 atom stereocenters. The van der Waals surface area contributed by atoms with E-state index in [1.54, 1.807) is 12.1 Å². The van der Waals surface area contributed by atoms with Crippen LogP contribution in [-0.2, 0) is 4.79 Å². The minimum Gasteiger partial charge on any atom is -0.491 e. The van der Waals surface area contributed by atoms with Gasteiger partial charge in [0.1, 0.15) is 5.75 Å². The van der Waals surface area contributed by atoms with Gasteiger partial charge in [-0.25, -0.2) is 0 Å². The van der Waals surface area contributed by atoms with Crippen LogP contribution < -0.4 is 10.1 Å². The molecule has 0 heterocycles. The molecule has 0 aromatic heterocycles. The Morgan fingerprint density at radius 2 is 1.86 bits per heavy atom. The van der Waals surface area contributed by atoms with Crippen LogP contribution in [0.2, 0.25) is 5.02 Å². The van der Waals surface area contributed by atoms with E-state index in [1.807, 2.05) is 12.1 Å². The Kier molecular flexibility index (Phi) is 9.71. The predicted octanol–water partition coefficient (Wildman–Crippen LogP) is 4.59. The van der Waals surface area contributed by atoms with Crippen molar-refractivity contribution in [3.63, 3.8) is 0 Å². The molecular weight excluding hydrogens is 286 g/mol. The molecule has 1 N–H and O–H groups in total. The lowest BCUT2D eigenvalue weighted by Gasteiger charge is -2.08. The lowest BCUT2D eigenvalue weighted by atomic mass is 10.1. The molecule has 1 rings (SSSR count). The van der Waals surface area contributed by atoms with Crippen molar-refractivity contribution in [2.24, 2.45) is 0 Å². The molecule has 0 aliphatic rings. The molecule has 0 spiro atoms. The van der Waals surface area contributed by atoms with Crippen LogP contribution in [0.25, 0.3) is 0 Å². The smallest absolute Gasteiger partial charge is 0.223 e. The van der Waals surface area contributed by atoms with E-state index < -0.39 is 0 Å². The van der Waals surface area contributed by atoms with Crippen molar-refractivity contribution >= 4 is 17.5 Å². The number of carbonyl (C=O) groups excluding carboxylic acids is 1. The van der Waals surface area contributed by atoms with E-state index >= 15 is 0 Å². The zero-order chi connectivity index (χ0) is 15.3. The van der Waals surface area contributed by atoms with Gasteiger partial charge in [-0.3, -0.25) is 4.79 Å². The van der Waals surface area contributed by atoms with Crippen molar-refractivity contribution in [1.82, 2.24) is 5.32 Å². The van der Waals surface area contributed by atoms with Gasteiger partial charge in [0, 0.05) is 6.54 Å². The van der Waals surface area contributed by atoms with Crippen LogP contribution in [0.4, 0.5) is 0 Å². The average Bonchev–Trinajstić information content (AvgIpc) is 2.48. The van der Waals surface area contributed by atoms with Crippen molar-refractivity contribution < 1.29 is 9.53 Å². The summed E-state index contributed by atoms with van der Waals surface area (Å²) in [5, 5.41) is 3.50. The molecule has 21 heavy (non-hydrogen) atoms. The van der Waals surface area contributed by atoms with Crippen LogP contribution in [0.15, 0.2) is 24.3 Å². The fourth-order valence-electron chi connectivity index (χ4n) is 2.04. The molecule has 0 fully saturated rings. The number of hydrogen-bond acceptors (Lipinski definition) is 2. The average molecular weight is 312 g/mol. The van der Waals surface area contributed by atoms with E-state index in [0.717, 1.165) is 13.0 Å². The zero-order valence-electron chi connectivity index (χ0n) is 12.9. The van der Waals surface area contributed by atoms with Gasteiger partial charge in [-0.2, -0.15) is 0 Å². The molecule has 0 aliphatic heterocycles. The largest absolute Gasteiger partial charge is 0.491 e. The molecule has 0 radical (unpaired) electrons. The van der Waals surface area contributed by atoms with E-state index in [-0.39, 0.29) is 5.91 Å². The van der Waals surface area contributed by atoms with Gasteiger partial charge in [-0.05, 0) is 18.6 Å². The maximum absolute atomic E-state index is 11.6. The highest BCUT2D eigenvalue weighted by Gasteiger charge is 2.03. The SMILES string of the molecule is CCCCCCCCNC(=O)CCOc1ccccc1Cl. The van der Waals surface area contributed by atoms with E-state index in [1.165, 1.54) is 32.1 Å². The summed E-state index contributed by atoms with van der Waals surface area (Å²) in [6, 6.07) is 7.29. The second-order valence-corrected chi connectivity index (χ2v) is 5.55. The summed E-state index contributed by atoms with van der Waals surface area (Å²) in [6.07, 6.45) is 7.75. The summed E-state index contributed by atoms with van der Waals surface area (Å²) in [6.45, 7) is 3.33. The molecule has 0 aliphatic carbocycles. The summed E-state index contributed by atoms with van der Waals surface area (Å²) in [4.78, 5) is 11.6. The molecule has 0 bridgehead atoms. The summed E-state index contributed by atoms with van der Waals surface area (Å²) >= 11 is 5.97. The van der Waals surface area contributed by atoms with Gasteiger partial charge in [0.25, 0.3) is 0 Å². The molecule has 1 aromatic rings. The molecule has 3 nitrogen and oxygen atoms in total. The number of amides is 1. The zero-order valence-corrected chi connectivity index (χ0v) is 13.6. The number of benzene rings is 1. The summed E-state index contributed by atoms with van der Waals surface area (Å²) in [5.74, 6) is 0.665. The summed E-state index contributed by atoms with van der Waals surface area (Å²) in [7, 11) is 0. The maximum atomic E-state index is 11.6. The fraction of sp³-hybridized carbons (Fsp3) is 0.588. The van der Waals surface area contributed by atoms with Gasteiger partial charge in [0.15, 0.2) is 0 Å². The van der Waals surface area contributed by atoms with Crippen LogP contribution in [-0.4, -0.2) is 19.1 Å². The number of hydrogen-bond donors (Lipinski definition) is 1. The lowest BCUT2D eigenvalue weighted by molar-refractivity contribution is -0.121. The molecular formula is C17H26ClNO2. The third kappa shape index (κ3) is 8.61. The standard InChI is InChI=1S/C17H26ClNO2/c1-2-3-4-5-6-9-13-19-17(20)12-14-21-16-11-8-7-10-15(16)18/h7-8,10-11H,2-6,9,12-14H2,1H3,(H,19,20). The first kappa shape index (κ1) is 17.8. The van der Waals surface area contributed by atoms with Gasteiger partial charge < -0.3 is 10.1 Å².